The number of pyridine rings is 1. The van der Waals surface area contributed by atoms with Crippen LogP contribution in [-0.2, 0) is 0 Å². The molecule has 98 valence electrons. The second-order valence-electron chi connectivity index (χ2n) is 3.68. The van der Waals surface area contributed by atoms with E-state index in [0.717, 1.165) is 4.47 Å². The third kappa shape index (κ3) is 3.55. The zero-order valence-electron chi connectivity index (χ0n) is 9.45. The number of rotatable bonds is 2. The van der Waals surface area contributed by atoms with Crippen molar-refractivity contribution in [3.8, 4) is 0 Å². The first-order valence-electron chi connectivity index (χ1n) is 5.15. The summed E-state index contributed by atoms with van der Waals surface area (Å²) in [7, 11) is 0. The molecule has 1 amide bonds. The molecule has 1 aromatic carbocycles. The second kappa shape index (κ2) is 6.02. The predicted molar refractivity (Wildman–Crippen MR) is 86.1 cm³/mol. The van der Waals surface area contributed by atoms with Crippen LogP contribution in [-0.4, -0.2) is 10.9 Å². The molecule has 0 fully saturated rings. The van der Waals surface area contributed by atoms with Gasteiger partial charge in [0.2, 0.25) is 0 Å². The summed E-state index contributed by atoms with van der Waals surface area (Å²) in [6, 6.07) is 7.05. The zero-order valence-corrected chi connectivity index (χ0v) is 14.2. The van der Waals surface area contributed by atoms with Gasteiger partial charge in [0, 0.05) is 8.95 Å². The van der Waals surface area contributed by atoms with E-state index in [1.807, 2.05) is 6.07 Å². The molecule has 0 bridgehead atoms. The van der Waals surface area contributed by atoms with Crippen LogP contribution in [0.3, 0.4) is 0 Å². The SMILES string of the molecule is Nc1cnc(NC(=O)c2cc(Br)ccc2Br)c(Br)c1. The van der Waals surface area contributed by atoms with Crippen molar-refractivity contribution in [3.05, 3.63) is 49.4 Å². The predicted octanol–water partition coefficient (Wildman–Crippen LogP) is 4.20. The molecule has 7 heteroatoms. The maximum atomic E-state index is 12.2. The zero-order chi connectivity index (χ0) is 14.0. The Hall–Kier alpha value is -0.920. The molecule has 1 heterocycles. The molecular weight excluding hydrogens is 442 g/mol. The van der Waals surface area contributed by atoms with Crippen molar-refractivity contribution in [2.75, 3.05) is 11.1 Å². The normalized spacial score (nSPS) is 10.3. The maximum Gasteiger partial charge on any atom is 0.258 e. The summed E-state index contributed by atoms with van der Waals surface area (Å²) in [5.74, 6) is 0.164. The number of benzene rings is 1. The van der Waals surface area contributed by atoms with Crippen LogP contribution in [0.4, 0.5) is 11.5 Å². The maximum absolute atomic E-state index is 12.2. The summed E-state index contributed by atoms with van der Waals surface area (Å²) in [6.45, 7) is 0. The molecule has 2 rings (SSSR count). The topological polar surface area (TPSA) is 68.0 Å². The number of aromatic nitrogens is 1. The van der Waals surface area contributed by atoms with Gasteiger partial charge in [0.15, 0.2) is 0 Å². The average Bonchev–Trinajstić information content (AvgIpc) is 2.35. The van der Waals surface area contributed by atoms with E-state index in [9.17, 15) is 4.79 Å². The summed E-state index contributed by atoms with van der Waals surface area (Å²) in [4.78, 5) is 16.2. The number of amides is 1. The minimum atomic E-state index is -0.258. The summed E-state index contributed by atoms with van der Waals surface area (Å²) in [5.41, 5.74) is 6.63. The number of nitrogens with zero attached hydrogens (tertiary/aromatic N) is 1. The minimum absolute atomic E-state index is 0.258. The highest BCUT2D eigenvalue weighted by Crippen LogP contribution is 2.25. The first kappa shape index (κ1) is 14.5. The lowest BCUT2D eigenvalue weighted by Gasteiger charge is -2.08. The first-order valence-corrected chi connectivity index (χ1v) is 7.52. The Labute approximate surface area is 135 Å². The van der Waals surface area contributed by atoms with Gasteiger partial charge < -0.3 is 11.1 Å². The molecular formula is C12H8Br3N3O. The van der Waals surface area contributed by atoms with Crippen LogP contribution in [0, 0.1) is 0 Å². The van der Waals surface area contributed by atoms with E-state index < -0.39 is 0 Å². The van der Waals surface area contributed by atoms with Gasteiger partial charge in [-0.25, -0.2) is 4.98 Å². The van der Waals surface area contributed by atoms with E-state index in [1.54, 1.807) is 18.2 Å². The molecule has 0 aliphatic rings. The van der Waals surface area contributed by atoms with Crippen molar-refractivity contribution in [2.24, 2.45) is 0 Å². The summed E-state index contributed by atoms with van der Waals surface area (Å²) in [5, 5.41) is 2.72. The largest absolute Gasteiger partial charge is 0.397 e. The van der Waals surface area contributed by atoms with Gasteiger partial charge in [0.05, 0.1) is 21.9 Å². The highest BCUT2D eigenvalue weighted by atomic mass is 79.9. The van der Waals surface area contributed by atoms with Crippen LogP contribution in [0.15, 0.2) is 43.9 Å². The molecule has 0 aliphatic heterocycles. The fraction of sp³-hybridized carbons (Fsp3) is 0. The Kier molecular flexibility index (Phi) is 4.59. The van der Waals surface area contributed by atoms with E-state index in [0.29, 0.717) is 26.0 Å². The first-order chi connectivity index (χ1) is 8.97. The van der Waals surface area contributed by atoms with Gasteiger partial charge in [-0.05, 0) is 56.1 Å². The Morgan fingerprint density at radius 1 is 1.16 bits per heavy atom. The highest BCUT2D eigenvalue weighted by Gasteiger charge is 2.13. The standard InChI is InChI=1S/C12H8Br3N3O/c13-6-1-2-9(14)8(3-6)12(19)18-11-10(15)4-7(16)5-17-11/h1-5H,16H2,(H,17,18,19). The molecule has 19 heavy (non-hydrogen) atoms. The molecule has 2 aromatic rings. The van der Waals surface area contributed by atoms with Crippen molar-refractivity contribution < 1.29 is 4.79 Å². The fourth-order valence-electron chi connectivity index (χ4n) is 1.39. The number of nitrogen functional groups attached to an aromatic ring is 1. The average molecular weight is 450 g/mol. The summed E-state index contributed by atoms with van der Waals surface area (Å²) < 4.78 is 2.16. The Balaban J connectivity index is 2.28. The van der Waals surface area contributed by atoms with E-state index in [2.05, 4.69) is 58.1 Å². The van der Waals surface area contributed by atoms with E-state index >= 15 is 0 Å². The van der Waals surface area contributed by atoms with Gasteiger partial charge in [-0.1, -0.05) is 15.9 Å². The molecule has 3 N–H and O–H groups in total. The van der Waals surface area contributed by atoms with E-state index in [1.165, 1.54) is 6.20 Å². The third-order valence-corrected chi connectivity index (χ3v) is 4.06. The number of hydrogen-bond donors (Lipinski definition) is 2. The van der Waals surface area contributed by atoms with Gasteiger partial charge in [-0.2, -0.15) is 0 Å². The molecule has 4 nitrogen and oxygen atoms in total. The second-order valence-corrected chi connectivity index (χ2v) is 6.30. The molecule has 1 aromatic heterocycles. The Morgan fingerprint density at radius 2 is 1.89 bits per heavy atom. The summed E-state index contributed by atoms with van der Waals surface area (Å²) in [6.07, 6.45) is 1.48. The van der Waals surface area contributed by atoms with Gasteiger partial charge in [0.25, 0.3) is 5.91 Å². The van der Waals surface area contributed by atoms with Crippen molar-refractivity contribution in [1.29, 1.82) is 0 Å². The highest BCUT2D eigenvalue weighted by molar-refractivity contribution is 9.11. The number of halogens is 3. The van der Waals surface area contributed by atoms with Crippen LogP contribution in [0.25, 0.3) is 0 Å². The van der Waals surface area contributed by atoms with Crippen molar-refractivity contribution in [3.63, 3.8) is 0 Å². The fourth-order valence-corrected chi connectivity index (χ4v) is 2.64. The Bertz CT molecular complexity index is 646. The molecule has 0 aliphatic carbocycles. The molecule has 0 spiro atoms. The van der Waals surface area contributed by atoms with Crippen LogP contribution < -0.4 is 11.1 Å². The lowest BCUT2D eigenvalue weighted by atomic mass is 10.2. The van der Waals surface area contributed by atoms with Crippen molar-refractivity contribution in [2.45, 2.75) is 0 Å². The number of nitrogens with one attached hydrogen (secondary N) is 1. The van der Waals surface area contributed by atoms with Crippen molar-refractivity contribution in [1.82, 2.24) is 4.98 Å². The van der Waals surface area contributed by atoms with Crippen LogP contribution in [0.5, 0.6) is 0 Å². The minimum Gasteiger partial charge on any atom is -0.397 e. The van der Waals surface area contributed by atoms with Gasteiger partial charge in [-0.15, -0.1) is 0 Å². The van der Waals surface area contributed by atoms with Crippen molar-refractivity contribution >= 4 is 65.2 Å². The van der Waals surface area contributed by atoms with Gasteiger partial charge >= 0.3 is 0 Å². The van der Waals surface area contributed by atoms with Gasteiger partial charge in [-0.3, -0.25) is 4.79 Å². The number of carbonyl (C=O) groups excluding carboxylic acids is 1. The molecule has 0 unspecified atom stereocenters. The monoisotopic (exact) mass is 447 g/mol. The molecule has 0 radical (unpaired) electrons. The lowest BCUT2D eigenvalue weighted by Crippen LogP contribution is -2.14. The number of carbonyl (C=O) groups is 1. The van der Waals surface area contributed by atoms with Crippen LogP contribution in [0.1, 0.15) is 10.4 Å². The number of hydrogen-bond acceptors (Lipinski definition) is 3. The molecule has 0 saturated heterocycles. The van der Waals surface area contributed by atoms with Gasteiger partial charge in [0.1, 0.15) is 5.82 Å². The third-order valence-electron chi connectivity index (χ3n) is 2.27. The van der Waals surface area contributed by atoms with E-state index in [4.69, 9.17) is 5.73 Å². The molecule has 0 saturated carbocycles. The number of nitrogens with two attached hydrogens (primary N) is 1. The summed E-state index contributed by atoms with van der Waals surface area (Å²) >= 11 is 9.98. The Morgan fingerprint density at radius 3 is 2.58 bits per heavy atom. The van der Waals surface area contributed by atoms with Crippen LogP contribution in [0.2, 0.25) is 0 Å². The van der Waals surface area contributed by atoms with E-state index in [-0.39, 0.29) is 5.91 Å². The van der Waals surface area contributed by atoms with Crippen LogP contribution >= 0.6 is 47.8 Å². The smallest absolute Gasteiger partial charge is 0.258 e. The molecule has 0 atom stereocenters. The quantitative estimate of drug-likeness (QED) is 0.721. The lowest BCUT2D eigenvalue weighted by molar-refractivity contribution is 0.102. The number of anilines is 2.